The van der Waals surface area contributed by atoms with E-state index < -0.39 is 21.6 Å². The highest BCUT2D eigenvalue weighted by molar-refractivity contribution is 7.92. The molecule has 2 atom stereocenters. The van der Waals surface area contributed by atoms with Gasteiger partial charge in [-0.1, -0.05) is 31.2 Å². The molecule has 0 amide bonds. The van der Waals surface area contributed by atoms with Crippen LogP contribution in [0.5, 0.6) is 5.75 Å². The van der Waals surface area contributed by atoms with E-state index in [1.165, 1.54) is 0 Å². The molecule has 9 nitrogen and oxygen atoms in total. The molecule has 216 valence electrons. The van der Waals surface area contributed by atoms with Crippen molar-refractivity contribution in [2.45, 2.75) is 62.4 Å². The Morgan fingerprint density at radius 3 is 2.56 bits per heavy atom. The Hall–Kier alpha value is -3.63. The van der Waals surface area contributed by atoms with Gasteiger partial charge in [-0.3, -0.25) is 4.72 Å². The fourth-order valence-electron chi connectivity index (χ4n) is 6.02. The molecule has 0 spiro atoms. The summed E-state index contributed by atoms with van der Waals surface area (Å²) < 4.78 is 40.2. The lowest BCUT2D eigenvalue weighted by Gasteiger charge is -2.26. The number of para-hydroxylation sites is 2. The molecular weight excluding hydrogens is 542 g/mol. The van der Waals surface area contributed by atoms with Gasteiger partial charge in [0.25, 0.3) is 10.0 Å². The van der Waals surface area contributed by atoms with Gasteiger partial charge in [0.1, 0.15) is 11.5 Å². The quantitative estimate of drug-likeness (QED) is 0.214. The third kappa shape index (κ3) is 5.90. The number of aromatic hydroxyl groups is 1. The van der Waals surface area contributed by atoms with Crippen molar-refractivity contribution >= 4 is 26.7 Å². The molecule has 41 heavy (non-hydrogen) atoms. The summed E-state index contributed by atoms with van der Waals surface area (Å²) in [4.78, 5) is 20.5. The van der Waals surface area contributed by atoms with Crippen LogP contribution in [0.3, 0.4) is 0 Å². The average molecular weight is 578 g/mol. The van der Waals surface area contributed by atoms with E-state index in [0.29, 0.717) is 28.4 Å². The lowest BCUT2D eigenvalue weighted by atomic mass is 9.84. The maximum absolute atomic E-state index is 13.4. The predicted octanol–water partition coefficient (Wildman–Crippen LogP) is 5.87. The molecule has 3 N–H and O–H groups in total. The van der Waals surface area contributed by atoms with Crippen LogP contribution in [-0.4, -0.2) is 36.7 Å². The smallest absolute Gasteiger partial charge is 0.343 e. The minimum atomic E-state index is -3.99. The summed E-state index contributed by atoms with van der Waals surface area (Å²) in [5.41, 5.74) is 1.96. The molecular formula is C31H35N3O6S. The molecule has 3 heterocycles. The fourth-order valence-corrected chi connectivity index (χ4v) is 7.02. The van der Waals surface area contributed by atoms with Crippen LogP contribution in [0.2, 0.25) is 0 Å². The van der Waals surface area contributed by atoms with Crippen LogP contribution < -0.4 is 10.3 Å². The molecule has 2 aliphatic rings. The third-order valence-corrected chi connectivity index (χ3v) is 9.57. The highest BCUT2D eigenvalue weighted by Gasteiger charge is 2.38. The van der Waals surface area contributed by atoms with Gasteiger partial charge in [0.2, 0.25) is 5.16 Å². The van der Waals surface area contributed by atoms with Gasteiger partial charge in [-0.15, -0.1) is 0 Å². The maximum atomic E-state index is 13.4. The van der Waals surface area contributed by atoms with Gasteiger partial charge < -0.3 is 19.2 Å². The van der Waals surface area contributed by atoms with E-state index in [0.717, 1.165) is 57.3 Å². The van der Waals surface area contributed by atoms with Gasteiger partial charge in [0.05, 0.1) is 16.6 Å². The first-order valence-corrected chi connectivity index (χ1v) is 15.8. The van der Waals surface area contributed by atoms with Crippen molar-refractivity contribution < 1.29 is 22.7 Å². The molecule has 2 aromatic carbocycles. The number of ether oxygens (including phenoxy) is 1. The minimum Gasteiger partial charge on any atom is -0.507 e. The molecule has 2 fully saturated rings. The number of rotatable bonds is 10. The van der Waals surface area contributed by atoms with Crippen molar-refractivity contribution in [3.05, 3.63) is 81.9 Å². The van der Waals surface area contributed by atoms with Crippen LogP contribution in [0, 0.1) is 11.8 Å². The van der Waals surface area contributed by atoms with Crippen molar-refractivity contribution in [3.8, 4) is 5.75 Å². The van der Waals surface area contributed by atoms with E-state index in [1.807, 2.05) is 6.07 Å². The van der Waals surface area contributed by atoms with Crippen LogP contribution >= 0.6 is 0 Å². The van der Waals surface area contributed by atoms with E-state index in [2.05, 4.69) is 21.6 Å². The molecule has 2 aromatic heterocycles. The summed E-state index contributed by atoms with van der Waals surface area (Å²) in [5, 5.41) is 11.0. The predicted molar refractivity (Wildman–Crippen MR) is 156 cm³/mol. The molecule has 1 aliphatic carbocycles. The molecule has 1 saturated carbocycles. The highest BCUT2D eigenvalue weighted by Crippen LogP contribution is 2.48. The van der Waals surface area contributed by atoms with Gasteiger partial charge in [-0.05, 0) is 80.2 Å². The molecule has 2 unspecified atom stereocenters. The normalized spacial score (nSPS) is 17.9. The Labute approximate surface area is 239 Å². The summed E-state index contributed by atoms with van der Waals surface area (Å²) in [6.45, 7) is 3.58. The van der Waals surface area contributed by atoms with Crippen molar-refractivity contribution in [1.29, 1.82) is 0 Å². The number of hydrogen-bond donors (Lipinski definition) is 3. The maximum Gasteiger partial charge on any atom is 0.343 e. The van der Waals surface area contributed by atoms with Gasteiger partial charge in [0.15, 0.2) is 0 Å². The number of imidazole rings is 1. The van der Waals surface area contributed by atoms with Gasteiger partial charge in [-0.2, -0.15) is 8.42 Å². The number of hydrogen-bond acceptors (Lipinski definition) is 7. The van der Waals surface area contributed by atoms with E-state index in [-0.39, 0.29) is 28.3 Å². The van der Waals surface area contributed by atoms with Crippen LogP contribution in [0.15, 0.2) is 69.0 Å². The summed E-state index contributed by atoms with van der Waals surface area (Å²) >= 11 is 0. The number of nitrogens with zero attached hydrogens (tertiary/aromatic N) is 1. The zero-order chi connectivity index (χ0) is 28.6. The van der Waals surface area contributed by atoms with E-state index >= 15 is 0 Å². The summed E-state index contributed by atoms with van der Waals surface area (Å²) in [5.74, 6) is 0.749. The standard InChI is InChI=1S/C31H35N3O6S/c1-2-20(16-19-12-14-39-15-13-19)27-18-26(35)29(30(36)40-27)28(21-10-11-21)22-6-5-7-23(17-22)34-41(37,38)31-32-24-8-3-4-9-25(24)33-31/h3-9,17-21,28,34-35H,2,10-16H2,1H3,(H,32,33). The number of benzene rings is 2. The summed E-state index contributed by atoms with van der Waals surface area (Å²) in [6, 6.07) is 15.7. The second kappa shape index (κ2) is 11.3. The van der Waals surface area contributed by atoms with Crippen LogP contribution in [-0.2, 0) is 14.8 Å². The Kier molecular flexibility index (Phi) is 7.61. The molecule has 0 radical (unpaired) electrons. The largest absolute Gasteiger partial charge is 0.507 e. The second-order valence-electron chi connectivity index (χ2n) is 11.2. The number of aromatic nitrogens is 2. The Morgan fingerprint density at radius 2 is 1.85 bits per heavy atom. The number of H-pyrrole nitrogens is 1. The van der Waals surface area contributed by atoms with Gasteiger partial charge >= 0.3 is 5.63 Å². The fraction of sp³-hybridized carbons (Fsp3) is 0.419. The number of nitrogens with one attached hydrogen (secondary N) is 2. The first-order valence-electron chi connectivity index (χ1n) is 14.3. The lowest BCUT2D eigenvalue weighted by Crippen LogP contribution is -2.20. The zero-order valence-corrected chi connectivity index (χ0v) is 23.8. The number of anilines is 1. The van der Waals surface area contributed by atoms with Crippen molar-refractivity contribution in [2.24, 2.45) is 11.8 Å². The van der Waals surface area contributed by atoms with Gasteiger partial charge in [0, 0.05) is 36.8 Å². The van der Waals surface area contributed by atoms with E-state index in [1.54, 1.807) is 48.5 Å². The molecule has 6 rings (SSSR count). The molecule has 0 bridgehead atoms. The van der Waals surface area contributed by atoms with Crippen molar-refractivity contribution in [2.75, 3.05) is 17.9 Å². The monoisotopic (exact) mass is 577 g/mol. The first kappa shape index (κ1) is 27.5. The first-order chi connectivity index (χ1) is 19.8. The Bertz CT molecular complexity index is 1670. The number of aromatic amines is 1. The highest BCUT2D eigenvalue weighted by atomic mass is 32.2. The topological polar surface area (TPSA) is 135 Å². The van der Waals surface area contributed by atoms with E-state index in [9.17, 15) is 18.3 Å². The minimum absolute atomic E-state index is 0.0427. The SMILES string of the molecule is CCC(CC1CCOCC1)c1cc(O)c(C(c2cccc(NS(=O)(=O)c3nc4ccccc4[nH]3)c2)C2CC2)c(=O)o1. The van der Waals surface area contributed by atoms with Crippen molar-refractivity contribution in [3.63, 3.8) is 0 Å². The average Bonchev–Trinajstić information content (AvgIpc) is 3.70. The lowest BCUT2D eigenvalue weighted by molar-refractivity contribution is 0.0606. The van der Waals surface area contributed by atoms with E-state index in [4.69, 9.17) is 9.15 Å². The van der Waals surface area contributed by atoms with Crippen LogP contribution in [0.25, 0.3) is 11.0 Å². The molecule has 1 saturated heterocycles. The summed E-state index contributed by atoms with van der Waals surface area (Å²) in [7, 11) is -3.99. The second-order valence-corrected chi connectivity index (χ2v) is 12.8. The van der Waals surface area contributed by atoms with Crippen LogP contribution in [0.1, 0.15) is 74.2 Å². The molecule has 4 aromatic rings. The number of fused-ring (bicyclic) bond motifs is 1. The Balaban J connectivity index is 1.28. The number of sulfonamides is 1. The summed E-state index contributed by atoms with van der Waals surface area (Å²) in [6.07, 6.45) is 5.48. The molecule has 1 aliphatic heterocycles. The zero-order valence-electron chi connectivity index (χ0n) is 23.0. The van der Waals surface area contributed by atoms with Crippen LogP contribution in [0.4, 0.5) is 5.69 Å². The third-order valence-electron chi connectivity index (χ3n) is 8.36. The molecule has 10 heteroatoms. The van der Waals surface area contributed by atoms with Crippen molar-refractivity contribution in [1.82, 2.24) is 9.97 Å². The van der Waals surface area contributed by atoms with Gasteiger partial charge in [-0.25, -0.2) is 9.78 Å². The Morgan fingerprint density at radius 1 is 1.07 bits per heavy atom.